The summed E-state index contributed by atoms with van der Waals surface area (Å²) < 4.78 is 2.05. The van der Waals surface area contributed by atoms with Gasteiger partial charge in [0.05, 0.1) is 17.4 Å². The number of nitrogens with two attached hydrogens (primary N) is 1. The summed E-state index contributed by atoms with van der Waals surface area (Å²) in [6.07, 6.45) is 6.72. The molecule has 38 heavy (non-hydrogen) atoms. The molecule has 2 aromatic heterocycles. The fraction of sp³-hybridized carbons (Fsp3) is 0.516. The third-order valence-corrected chi connectivity index (χ3v) is 6.37. The number of aryl methyl sites for hydroxylation is 1. The maximum Gasteiger partial charge on any atom is 0.154 e. The van der Waals surface area contributed by atoms with Crippen molar-refractivity contribution in [3.05, 3.63) is 53.4 Å². The molecule has 1 aliphatic rings. The summed E-state index contributed by atoms with van der Waals surface area (Å²) in [6, 6.07) is 9.34. The molecule has 1 aromatic carbocycles. The summed E-state index contributed by atoms with van der Waals surface area (Å²) >= 11 is 0. The zero-order valence-electron chi connectivity index (χ0n) is 25.1. The van der Waals surface area contributed by atoms with Crippen molar-refractivity contribution in [2.24, 2.45) is 0 Å². The van der Waals surface area contributed by atoms with Crippen molar-refractivity contribution in [3.8, 4) is 28.1 Å². The van der Waals surface area contributed by atoms with Crippen LogP contribution in [0.25, 0.3) is 22.4 Å². The molecule has 3 heterocycles. The lowest BCUT2D eigenvalue weighted by Crippen LogP contribution is -2.29. The number of allylic oxidation sites excluding steroid dienone is 2. The first-order valence-electron chi connectivity index (χ1n) is 14.1. The quantitative estimate of drug-likeness (QED) is 0.296. The first-order valence-corrected chi connectivity index (χ1v) is 14.1. The van der Waals surface area contributed by atoms with Gasteiger partial charge < -0.3 is 16.2 Å². The maximum absolute atomic E-state index is 10.1. The first-order chi connectivity index (χ1) is 18.3. The molecule has 4 N–H and O–H groups in total. The molecule has 1 aliphatic heterocycles. The van der Waals surface area contributed by atoms with Crippen LogP contribution in [0.3, 0.4) is 0 Å². The average molecular weight is 523 g/mol. The van der Waals surface area contributed by atoms with Crippen molar-refractivity contribution in [1.29, 1.82) is 0 Å². The van der Waals surface area contributed by atoms with Crippen molar-refractivity contribution < 1.29 is 5.11 Å². The van der Waals surface area contributed by atoms with Gasteiger partial charge in [0.25, 0.3) is 0 Å². The SMILES string of the molecule is CC.CC.CCCC(C)=C(C)C.Cc1nn(C2CCNCC2)cc1-c1cc(-c2ccccc2O)nnc1N. The highest BCUT2D eigenvalue weighted by atomic mass is 16.3. The molecule has 7 nitrogen and oxygen atoms in total. The number of rotatable bonds is 5. The van der Waals surface area contributed by atoms with Gasteiger partial charge in [-0.25, -0.2) is 0 Å². The second-order valence-corrected chi connectivity index (χ2v) is 9.17. The Balaban J connectivity index is 0.000000514. The fourth-order valence-electron chi connectivity index (χ4n) is 4.07. The zero-order chi connectivity index (χ0) is 28.7. The van der Waals surface area contributed by atoms with E-state index in [-0.39, 0.29) is 5.75 Å². The Hall–Kier alpha value is -3.19. The maximum atomic E-state index is 10.1. The van der Waals surface area contributed by atoms with E-state index in [9.17, 15) is 5.11 Å². The number of hydrogen-bond acceptors (Lipinski definition) is 6. The van der Waals surface area contributed by atoms with E-state index in [0.717, 1.165) is 42.8 Å². The second-order valence-electron chi connectivity index (χ2n) is 9.17. The molecule has 210 valence electrons. The van der Waals surface area contributed by atoms with Crippen LogP contribution in [0.5, 0.6) is 5.75 Å². The Bertz CT molecular complexity index is 1130. The van der Waals surface area contributed by atoms with Gasteiger partial charge in [0, 0.05) is 22.9 Å². The Kier molecular flexibility index (Phi) is 15.0. The van der Waals surface area contributed by atoms with Crippen LogP contribution < -0.4 is 11.1 Å². The van der Waals surface area contributed by atoms with E-state index in [0.29, 0.717) is 23.1 Å². The number of phenolic OH excluding ortho intramolecular Hbond substituents is 1. The highest BCUT2D eigenvalue weighted by Crippen LogP contribution is 2.34. The molecule has 0 spiro atoms. The summed E-state index contributed by atoms with van der Waals surface area (Å²) in [5.74, 6) is 0.525. The summed E-state index contributed by atoms with van der Waals surface area (Å²) in [7, 11) is 0. The van der Waals surface area contributed by atoms with Gasteiger partial charge in [-0.05, 0) is 78.2 Å². The van der Waals surface area contributed by atoms with E-state index in [4.69, 9.17) is 10.8 Å². The largest absolute Gasteiger partial charge is 0.507 e. The molecule has 0 unspecified atom stereocenters. The number of piperidine rings is 1. The molecule has 0 aliphatic carbocycles. The lowest BCUT2D eigenvalue weighted by molar-refractivity contribution is 0.342. The predicted molar refractivity (Wildman–Crippen MR) is 162 cm³/mol. The number of aromatic hydroxyl groups is 1. The first kappa shape index (κ1) is 32.8. The minimum atomic E-state index is 0.166. The van der Waals surface area contributed by atoms with Crippen LogP contribution in [0, 0.1) is 6.92 Å². The molecule has 4 rings (SSSR count). The Morgan fingerprint density at radius 2 is 1.63 bits per heavy atom. The van der Waals surface area contributed by atoms with E-state index in [1.54, 1.807) is 17.7 Å². The number of phenols is 1. The number of para-hydroxylation sites is 1. The van der Waals surface area contributed by atoms with Gasteiger partial charge in [-0.2, -0.15) is 5.10 Å². The summed E-state index contributed by atoms with van der Waals surface area (Å²) in [5, 5.41) is 26.4. The number of aromatic nitrogens is 4. The number of benzene rings is 1. The molecule has 1 fully saturated rings. The molecule has 3 aromatic rings. The second kappa shape index (κ2) is 17.3. The van der Waals surface area contributed by atoms with Crippen molar-refractivity contribution in [1.82, 2.24) is 25.3 Å². The monoisotopic (exact) mass is 522 g/mol. The van der Waals surface area contributed by atoms with Gasteiger partial charge in [0.15, 0.2) is 5.82 Å². The molecule has 7 heteroatoms. The number of anilines is 1. The van der Waals surface area contributed by atoms with Gasteiger partial charge >= 0.3 is 0 Å². The standard InChI is InChI=1S/C19H22N6O.C8H16.2C2H6/c1-12-16(11-25(24-12)13-6-8-21-9-7-13)15-10-17(22-23-19(15)20)14-4-2-3-5-18(14)26;1-5-6-8(4)7(2)3;2*1-2/h2-5,10-11,13,21,26H,6-9H2,1H3,(H2,20,23);5-6H2,1-4H3;2*1-2H3. The number of nitrogens with one attached hydrogen (secondary N) is 1. The lowest BCUT2D eigenvalue weighted by atomic mass is 10.0. The Labute approximate surface area is 230 Å². The van der Waals surface area contributed by atoms with Crippen molar-refractivity contribution >= 4 is 5.82 Å². The Morgan fingerprint density at radius 3 is 2.18 bits per heavy atom. The van der Waals surface area contributed by atoms with E-state index < -0.39 is 0 Å². The van der Waals surface area contributed by atoms with E-state index in [2.05, 4.69) is 43.2 Å². The van der Waals surface area contributed by atoms with Gasteiger partial charge in [-0.3, -0.25) is 4.68 Å². The molecule has 1 saturated heterocycles. The van der Waals surface area contributed by atoms with E-state index in [1.165, 1.54) is 18.4 Å². The van der Waals surface area contributed by atoms with Crippen LogP contribution in [0.1, 0.15) is 92.8 Å². The van der Waals surface area contributed by atoms with E-state index >= 15 is 0 Å². The van der Waals surface area contributed by atoms with Crippen molar-refractivity contribution in [2.45, 2.75) is 94.0 Å². The molecule has 0 radical (unpaired) electrons. The molecule has 0 bridgehead atoms. The highest BCUT2D eigenvalue weighted by molar-refractivity contribution is 5.79. The molecule has 0 atom stereocenters. The van der Waals surface area contributed by atoms with Crippen LogP contribution in [-0.2, 0) is 0 Å². The normalized spacial score (nSPS) is 12.7. The topological polar surface area (TPSA) is 102 Å². The smallest absolute Gasteiger partial charge is 0.154 e. The fourth-order valence-corrected chi connectivity index (χ4v) is 4.07. The third-order valence-electron chi connectivity index (χ3n) is 6.37. The van der Waals surface area contributed by atoms with E-state index in [1.807, 2.05) is 63.7 Å². The minimum Gasteiger partial charge on any atom is -0.507 e. The van der Waals surface area contributed by atoms with Crippen molar-refractivity contribution in [2.75, 3.05) is 18.8 Å². The van der Waals surface area contributed by atoms with Crippen LogP contribution in [0.15, 0.2) is 47.7 Å². The van der Waals surface area contributed by atoms with Crippen molar-refractivity contribution in [3.63, 3.8) is 0 Å². The summed E-state index contributed by atoms with van der Waals surface area (Å²) in [6.45, 7) is 20.8. The number of hydrogen-bond donors (Lipinski definition) is 3. The molecular weight excluding hydrogens is 472 g/mol. The third kappa shape index (κ3) is 9.28. The summed E-state index contributed by atoms with van der Waals surface area (Å²) in [4.78, 5) is 0. The van der Waals surface area contributed by atoms with Gasteiger partial charge in [-0.15, -0.1) is 10.2 Å². The van der Waals surface area contributed by atoms with Crippen LogP contribution in [0.4, 0.5) is 5.82 Å². The molecule has 0 saturated carbocycles. The molecule has 0 amide bonds. The number of nitrogens with zero attached hydrogens (tertiary/aromatic N) is 4. The lowest BCUT2D eigenvalue weighted by Gasteiger charge is -2.22. The van der Waals surface area contributed by atoms with Crippen LogP contribution in [-0.4, -0.2) is 38.2 Å². The van der Waals surface area contributed by atoms with Gasteiger partial charge in [0.1, 0.15) is 5.75 Å². The number of nitrogen functional groups attached to an aromatic ring is 1. The predicted octanol–water partition coefficient (Wildman–Crippen LogP) is 7.72. The molecular formula is C31H50N6O. The van der Waals surface area contributed by atoms with Crippen LogP contribution in [0.2, 0.25) is 0 Å². The zero-order valence-corrected chi connectivity index (χ0v) is 25.1. The minimum absolute atomic E-state index is 0.166. The Morgan fingerprint density at radius 1 is 1.00 bits per heavy atom. The van der Waals surface area contributed by atoms with Gasteiger partial charge in [0.2, 0.25) is 0 Å². The summed E-state index contributed by atoms with van der Waals surface area (Å²) in [5.41, 5.74) is 13.0. The van der Waals surface area contributed by atoms with Crippen LogP contribution >= 0.6 is 0 Å². The average Bonchev–Trinajstić information content (AvgIpc) is 3.34. The van der Waals surface area contributed by atoms with Gasteiger partial charge in [-0.1, -0.05) is 64.3 Å². The highest BCUT2D eigenvalue weighted by Gasteiger charge is 2.20.